The van der Waals surface area contributed by atoms with Crippen LogP contribution >= 0.6 is 0 Å². The van der Waals surface area contributed by atoms with E-state index < -0.39 is 12.7 Å². The largest absolute Gasteiger partial charge is 0.495 e. The lowest BCUT2D eigenvalue weighted by atomic mass is 9.97. The minimum Gasteiger partial charge on any atom is -0.495 e. The third kappa shape index (κ3) is 3.83. The number of para-hydroxylation sites is 1. The number of methoxy groups -OCH3 is 1. The van der Waals surface area contributed by atoms with Gasteiger partial charge in [0.25, 0.3) is 5.91 Å². The van der Waals surface area contributed by atoms with Crippen molar-refractivity contribution in [1.82, 2.24) is 24.2 Å². The molecule has 0 saturated heterocycles. The van der Waals surface area contributed by atoms with Gasteiger partial charge in [-0.3, -0.25) is 4.79 Å². The molecule has 1 atom stereocenters. The second-order valence-corrected chi connectivity index (χ2v) is 9.85. The van der Waals surface area contributed by atoms with Crippen LogP contribution in [0, 0.1) is 6.92 Å². The van der Waals surface area contributed by atoms with E-state index in [0.29, 0.717) is 30.6 Å². The summed E-state index contributed by atoms with van der Waals surface area (Å²) in [6.45, 7) is 2.47. The third-order valence-corrected chi connectivity index (χ3v) is 7.41. The molecule has 1 aliphatic heterocycles. The van der Waals surface area contributed by atoms with E-state index in [9.17, 15) is 9.18 Å². The number of carbonyl (C=O) groups excluding carboxylic acids is 1. The van der Waals surface area contributed by atoms with Gasteiger partial charge in [0, 0.05) is 36.7 Å². The smallest absolute Gasteiger partial charge is 0.254 e. The number of imidazole rings is 1. The number of carbonyl (C=O) groups is 1. The number of benzene rings is 2. The first-order valence-corrected chi connectivity index (χ1v) is 12.6. The summed E-state index contributed by atoms with van der Waals surface area (Å²) >= 11 is 0. The number of ether oxygens (including phenoxy) is 1. The van der Waals surface area contributed by atoms with Crippen molar-refractivity contribution in [3.63, 3.8) is 0 Å². The molecule has 1 amide bonds. The molecule has 0 spiro atoms. The zero-order valence-electron chi connectivity index (χ0n) is 21.6. The molecular formula is C28H29FN6O3. The van der Waals surface area contributed by atoms with Gasteiger partial charge >= 0.3 is 0 Å². The molecule has 0 bridgehead atoms. The van der Waals surface area contributed by atoms with Crippen molar-refractivity contribution in [3.05, 3.63) is 65.0 Å². The molecule has 2 aromatic carbocycles. The number of aromatic nitrogens is 4. The maximum atomic E-state index is 13.2. The number of halogens is 1. The van der Waals surface area contributed by atoms with E-state index in [2.05, 4.69) is 20.4 Å². The Kier molecular flexibility index (Phi) is 5.91. The number of alkyl halides is 1. The van der Waals surface area contributed by atoms with Crippen LogP contribution in [0.5, 0.6) is 5.75 Å². The standard InChI is InChI=1S/C28H29FN6O3/c1-16-13-31-38-25(16)15-35-23(10-18-5-4-6-24(37-3)26(18)35)27-32-21-11-20-17(9-22(21)33(27)2)7-8-34(28(20)36)14-19(30)12-29/h4-6,9-11,13,19H,7-8,12,14-15,30H2,1-3H3/t19-/m1/s1. The molecule has 0 fully saturated rings. The molecular weight excluding hydrogens is 487 g/mol. The Balaban J connectivity index is 1.50. The predicted molar refractivity (Wildman–Crippen MR) is 142 cm³/mol. The van der Waals surface area contributed by atoms with Crippen LogP contribution in [0.2, 0.25) is 0 Å². The van der Waals surface area contributed by atoms with Crippen molar-refractivity contribution in [2.24, 2.45) is 12.8 Å². The number of nitrogens with zero attached hydrogens (tertiary/aromatic N) is 5. The lowest BCUT2D eigenvalue weighted by Gasteiger charge is -2.30. The molecule has 38 heavy (non-hydrogen) atoms. The highest BCUT2D eigenvalue weighted by molar-refractivity contribution is 6.01. The van der Waals surface area contributed by atoms with Crippen molar-refractivity contribution in [3.8, 4) is 17.3 Å². The molecule has 0 radical (unpaired) electrons. The summed E-state index contributed by atoms with van der Waals surface area (Å²) in [4.78, 5) is 19.8. The molecule has 10 heteroatoms. The number of fused-ring (bicyclic) bond motifs is 3. The summed E-state index contributed by atoms with van der Waals surface area (Å²) in [5.74, 6) is 2.11. The van der Waals surface area contributed by atoms with Gasteiger partial charge in [0.05, 0.1) is 48.1 Å². The number of hydrogen-bond acceptors (Lipinski definition) is 6. The predicted octanol–water partition coefficient (Wildman–Crippen LogP) is 3.84. The van der Waals surface area contributed by atoms with Crippen molar-refractivity contribution < 1.29 is 18.4 Å². The lowest BCUT2D eigenvalue weighted by Crippen LogP contribution is -2.45. The molecule has 9 nitrogen and oxygen atoms in total. The Morgan fingerprint density at radius 3 is 2.84 bits per heavy atom. The van der Waals surface area contributed by atoms with E-state index in [1.807, 2.05) is 44.3 Å². The van der Waals surface area contributed by atoms with Crippen molar-refractivity contribution >= 4 is 27.8 Å². The monoisotopic (exact) mass is 516 g/mol. The number of hydrogen-bond donors (Lipinski definition) is 1. The lowest BCUT2D eigenvalue weighted by molar-refractivity contribution is 0.0725. The quantitative estimate of drug-likeness (QED) is 0.353. The van der Waals surface area contributed by atoms with Crippen LogP contribution in [0.3, 0.4) is 0 Å². The van der Waals surface area contributed by atoms with Gasteiger partial charge in [-0.25, -0.2) is 9.37 Å². The first-order chi connectivity index (χ1) is 18.4. The third-order valence-electron chi connectivity index (χ3n) is 7.41. The molecule has 6 rings (SSSR count). The molecule has 1 aliphatic rings. The Morgan fingerprint density at radius 1 is 1.26 bits per heavy atom. The number of amides is 1. The summed E-state index contributed by atoms with van der Waals surface area (Å²) in [6.07, 6.45) is 2.39. The Labute approximate surface area is 218 Å². The molecule has 2 N–H and O–H groups in total. The van der Waals surface area contributed by atoms with E-state index >= 15 is 0 Å². The maximum Gasteiger partial charge on any atom is 0.254 e. The van der Waals surface area contributed by atoms with Gasteiger partial charge < -0.3 is 29.0 Å². The van der Waals surface area contributed by atoms with E-state index in [-0.39, 0.29) is 12.5 Å². The molecule has 0 saturated carbocycles. The highest BCUT2D eigenvalue weighted by Crippen LogP contribution is 2.36. The topological polar surface area (TPSA) is 104 Å². The zero-order chi connectivity index (χ0) is 26.6. The first-order valence-electron chi connectivity index (χ1n) is 12.6. The fraction of sp³-hybridized carbons (Fsp3) is 0.321. The van der Waals surface area contributed by atoms with Crippen LogP contribution in [0.15, 0.2) is 47.1 Å². The van der Waals surface area contributed by atoms with Crippen LogP contribution in [0.1, 0.15) is 27.2 Å². The zero-order valence-corrected chi connectivity index (χ0v) is 21.6. The van der Waals surface area contributed by atoms with Gasteiger partial charge in [0.15, 0.2) is 11.6 Å². The highest BCUT2D eigenvalue weighted by atomic mass is 19.1. The number of nitrogens with two attached hydrogens (primary N) is 1. The maximum absolute atomic E-state index is 13.2. The Morgan fingerprint density at radius 2 is 2.11 bits per heavy atom. The van der Waals surface area contributed by atoms with E-state index in [0.717, 1.165) is 50.6 Å². The van der Waals surface area contributed by atoms with Crippen LogP contribution in [-0.2, 0) is 20.0 Å². The number of aryl methyl sites for hydroxylation is 2. The minimum absolute atomic E-state index is 0.135. The molecule has 3 aromatic heterocycles. The highest BCUT2D eigenvalue weighted by Gasteiger charge is 2.28. The average molecular weight is 517 g/mol. The first kappa shape index (κ1) is 24.2. The van der Waals surface area contributed by atoms with Gasteiger partial charge in [-0.05, 0) is 43.2 Å². The van der Waals surface area contributed by atoms with Crippen LogP contribution < -0.4 is 10.5 Å². The van der Waals surface area contributed by atoms with Gasteiger partial charge in [-0.1, -0.05) is 17.3 Å². The van der Waals surface area contributed by atoms with E-state index in [1.54, 1.807) is 18.2 Å². The molecule has 0 unspecified atom stereocenters. The fourth-order valence-corrected chi connectivity index (χ4v) is 5.36. The average Bonchev–Trinajstić information content (AvgIpc) is 3.60. The summed E-state index contributed by atoms with van der Waals surface area (Å²) in [6, 6.07) is 11.2. The van der Waals surface area contributed by atoms with Gasteiger partial charge in [0.1, 0.15) is 12.4 Å². The second-order valence-electron chi connectivity index (χ2n) is 9.85. The second kappa shape index (κ2) is 9.29. The molecule has 4 heterocycles. The fourth-order valence-electron chi connectivity index (χ4n) is 5.36. The van der Waals surface area contributed by atoms with Gasteiger partial charge in [-0.2, -0.15) is 0 Å². The van der Waals surface area contributed by atoms with Crippen LogP contribution in [-0.4, -0.2) is 63.0 Å². The summed E-state index contributed by atoms with van der Waals surface area (Å²) in [5, 5.41) is 4.97. The number of rotatable bonds is 7. The summed E-state index contributed by atoms with van der Waals surface area (Å²) < 4.78 is 28.4. The van der Waals surface area contributed by atoms with Crippen molar-refractivity contribution in [2.45, 2.75) is 25.9 Å². The minimum atomic E-state index is -0.683. The molecule has 196 valence electrons. The van der Waals surface area contributed by atoms with Gasteiger partial charge in [0.2, 0.25) is 0 Å². The van der Waals surface area contributed by atoms with Crippen molar-refractivity contribution in [2.75, 3.05) is 26.9 Å². The Hall–Kier alpha value is -4.18. The molecule has 0 aliphatic carbocycles. The normalized spacial score (nSPS) is 14.4. The Bertz CT molecular complexity index is 1680. The SMILES string of the molecule is COc1cccc2cc(-c3nc4cc5c(cc4n3C)CCN(C[C@H](N)CF)C5=O)n(Cc3oncc3C)c12. The van der Waals surface area contributed by atoms with E-state index in [1.165, 1.54) is 0 Å². The van der Waals surface area contributed by atoms with Crippen molar-refractivity contribution in [1.29, 1.82) is 0 Å². The summed E-state index contributed by atoms with van der Waals surface area (Å²) in [5.41, 5.74) is 11.8. The summed E-state index contributed by atoms with van der Waals surface area (Å²) in [7, 11) is 3.64. The van der Waals surface area contributed by atoms with Crippen LogP contribution in [0.4, 0.5) is 4.39 Å². The van der Waals surface area contributed by atoms with Crippen LogP contribution in [0.25, 0.3) is 33.5 Å². The molecule has 5 aromatic rings. The van der Waals surface area contributed by atoms with Gasteiger partial charge in [-0.15, -0.1) is 0 Å². The van der Waals surface area contributed by atoms with E-state index in [4.69, 9.17) is 20.0 Å².